The molecule has 0 spiro atoms. The molecule has 3 aromatic carbocycles. The van der Waals surface area contributed by atoms with E-state index in [1.165, 1.54) is 25.8 Å². The quantitative estimate of drug-likeness (QED) is 0.530. The molecule has 2 heteroatoms. The monoisotopic (exact) mass is 386 g/mol. The van der Waals surface area contributed by atoms with Gasteiger partial charge in [-0.2, -0.15) is 0 Å². The van der Waals surface area contributed by atoms with Gasteiger partial charge >= 0.3 is 0 Å². The van der Waals surface area contributed by atoms with Gasteiger partial charge in [0.2, 0.25) is 0 Å². The summed E-state index contributed by atoms with van der Waals surface area (Å²) < 4.78 is 6.45. The van der Waals surface area contributed by atoms with E-state index in [1.54, 1.807) is 7.11 Å². The highest BCUT2D eigenvalue weighted by Gasteiger charge is 2.05. The molecule has 0 bridgehead atoms. The first kappa shape index (κ1) is 14.1. The Balaban J connectivity index is 1.94. The Kier molecular flexibility index (Phi) is 4.25. The van der Waals surface area contributed by atoms with E-state index in [1.807, 2.05) is 12.1 Å². The molecule has 3 aromatic rings. The maximum absolute atomic E-state index is 5.26. The predicted molar refractivity (Wildman–Crippen MR) is 96.6 cm³/mol. The zero-order valence-corrected chi connectivity index (χ0v) is 13.9. The van der Waals surface area contributed by atoms with Crippen molar-refractivity contribution in [2.75, 3.05) is 7.11 Å². The lowest BCUT2D eigenvalue weighted by molar-refractivity contribution is 0.414. The lowest BCUT2D eigenvalue weighted by atomic mass is 10.0. The molecular weight excluding hydrogens is 371 g/mol. The highest BCUT2D eigenvalue weighted by molar-refractivity contribution is 14.1. The number of ether oxygens (including phenoxy) is 1. The fraction of sp³-hybridized carbons (Fsp3) is 0.0526. The first-order chi connectivity index (χ1) is 10.3. The molecule has 0 aliphatic rings. The van der Waals surface area contributed by atoms with Crippen molar-refractivity contribution in [3.8, 4) is 28.0 Å². The van der Waals surface area contributed by atoms with Gasteiger partial charge in [-0.25, -0.2) is 0 Å². The fourth-order valence-electron chi connectivity index (χ4n) is 2.33. The van der Waals surface area contributed by atoms with E-state index in [0.717, 1.165) is 5.75 Å². The molecule has 0 amide bonds. The van der Waals surface area contributed by atoms with E-state index in [4.69, 9.17) is 4.74 Å². The Labute approximate surface area is 138 Å². The summed E-state index contributed by atoms with van der Waals surface area (Å²) in [4.78, 5) is 0. The number of hydrogen-bond donors (Lipinski definition) is 0. The minimum atomic E-state index is 0.893. The largest absolute Gasteiger partial charge is 0.497 e. The Morgan fingerprint density at radius 1 is 0.714 bits per heavy atom. The predicted octanol–water partition coefficient (Wildman–Crippen LogP) is 5.63. The lowest BCUT2D eigenvalue weighted by Crippen LogP contribution is -1.87. The number of hydrogen-bond acceptors (Lipinski definition) is 1. The molecule has 0 heterocycles. The van der Waals surface area contributed by atoms with Gasteiger partial charge in [-0.3, -0.25) is 0 Å². The molecule has 1 nitrogen and oxygen atoms in total. The van der Waals surface area contributed by atoms with Gasteiger partial charge in [-0.1, -0.05) is 54.6 Å². The van der Waals surface area contributed by atoms with Gasteiger partial charge in [-0.15, -0.1) is 0 Å². The standard InChI is InChI=1S/C19H15IO/c1-21-17-11-12-18(19(20)13-17)16-9-7-15(8-10-16)14-5-3-2-4-6-14/h2-13H,1H3. The Bertz CT molecular complexity index is 733. The molecule has 0 unspecified atom stereocenters. The third-order valence-electron chi connectivity index (χ3n) is 3.48. The maximum Gasteiger partial charge on any atom is 0.119 e. The lowest BCUT2D eigenvalue weighted by Gasteiger charge is -2.08. The van der Waals surface area contributed by atoms with E-state index in [2.05, 4.69) is 83.3 Å². The summed E-state index contributed by atoms with van der Waals surface area (Å²) >= 11 is 2.35. The van der Waals surface area contributed by atoms with Crippen molar-refractivity contribution in [2.24, 2.45) is 0 Å². The average Bonchev–Trinajstić information content (AvgIpc) is 2.56. The summed E-state index contributed by atoms with van der Waals surface area (Å²) in [6.45, 7) is 0. The van der Waals surface area contributed by atoms with Gasteiger partial charge < -0.3 is 4.74 Å². The van der Waals surface area contributed by atoms with Crippen LogP contribution in [-0.2, 0) is 0 Å². The molecular formula is C19H15IO. The molecule has 0 aliphatic carbocycles. The highest BCUT2D eigenvalue weighted by Crippen LogP contribution is 2.30. The van der Waals surface area contributed by atoms with Crippen LogP contribution in [0.4, 0.5) is 0 Å². The number of halogens is 1. The van der Waals surface area contributed by atoms with E-state index in [-0.39, 0.29) is 0 Å². The normalized spacial score (nSPS) is 10.4. The second-order valence-corrected chi connectivity index (χ2v) is 5.95. The smallest absolute Gasteiger partial charge is 0.119 e. The van der Waals surface area contributed by atoms with Crippen LogP contribution in [0.5, 0.6) is 5.75 Å². The summed E-state index contributed by atoms with van der Waals surface area (Å²) in [5.74, 6) is 0.893. The third kappa shape index (κ3) is 3.10. The van der Waals surface area contributed by atoms with Crippen molar-refractivity contribution in [2.45, 2.75) is 0 Å². The summed E-state index contributed by atoms with van der Waals surface area (Å²) in [6, 6.07) is 25.3. The van der Waals surface area contributed by atoms with Crippen LogP contribution in [0.25, 0.3) is 22.3 Å². The van der Waals surface area contributed by atoms with Crippen molar-refractivity contribution in [1.29, 1.82) is 0 Å². The van der Waals surface area contributed by atoms with Gasteiger partial charge in [0, 0.05) is 3.57 Å². The van der Waals surface area contributed by atoms with Crippen LogP contribution >= 0.6 is 22.6 Å². The molecule has 21 heavy (non-hydrogen) atoms. The van der Waals surface area contributed by atoms with E-state index < -0.39 is 0 Å². The Morgan fingerprint density at radius 2 is 1.33 bits per heavy atom. The molecule has 0 saturated heterocycles. The van der Waals surface area contributed by atoms with Crippen molar-refractivity contribution in [1.82, 2.24) is 0 Å². The fourth-order valence-corrected chi connectivity index (χ4v) is 3.13. The van der Waals surface area contributed by atoms with E-state index in [9.17, 15) is 0 Å². The van der Waals surface area contributed by atoms with Gasteiger partial charge in [-0.05, 0) is 63.0 Å². The first-order valence-electron chi connectivity index (χ1n) is 6.77. The van der Waals surface area contributed by atoms with Crippen molar-refractivity contribution in [3.63, 3.8) is 0 Å². The number of benzene rings is 3. The topological polar surface area (TPSA) is 9.23 Å². The zero-order valence-electron chi connectivity index (χ0n) is 11.7. The van der Waals surface area contributed by atoms with Crippen LogP contribution in [0.2, 0.25) is 0 Å². The van der Waals surface area contributed by atoms with Crippen molar-refractivity contribution in [3.05, 3.63) is 76.4 Å². The van der Waals surface area contributed by atoms with Gasteiger partial charge in [0.05, 0.1) is 7.11 Å². The Hall–Kier alpha value is -1.81. The molecule has 0 radical (unpaired) electrons. The molecule has 0 saturated carbocycles. The van der Waals surface area contributed by atoms with Crippen LogP contribution in [0.15, 0.2) is 72.8 Å². The number of methoxy groups -OCH3 is 1. The van der Waals surface area contributed by atoms with Crippen molar-refractivity contribution >= 4 is 22.6 Å². The summed E-state index contributed by atoms with van der Waals surface area (Å²) in [5, 5.41) is 0. The van der Waals surface area contributed by atoms with Crippen LogP contribution in [0.1, 0.15) is 0 Å². The first-order valence-corrected chi connectivity index (χ1v) is 7.85. The zero-order chi connectivity index (χ0) is 14.7. The maximum atomic E-state index is 5.26. The summed E-state index contributed by atoms with van der Waals surface area (Å²) in [5.41, 5.74) is 4.94. The average molecular weight is 386 g/mol. The minimum absolute atomic E-state index is 0.893. The molecule has 0 atom stereocenters. The van der Waals surface area contributed by atoms with E-state index in [0.29, 0.717) is 0 Å². The summed E-state index contributed by atoms with van der Waals surface area (Å²) in [7, 11) is 1.69. The van der Waals surface area contributed by atoms with Gasteiger partial charge in [0.1, 0.15) is 5.75 Å². The summed E-state index contributed by atoms with van der Waals surface area (Å²) in [6.07, 6.45) is 0. The van der Waals surface area contributed by atoms with Crippen LogP contribution in [0, 0.1) is 3.57 Å². The van der Waals surface area contributed by atoms with Crippen LogP contribution < -0.4 is 4.74 Å². The Morgan fingerprint density at radius 3 is 1.95 bits per heavy atom. The molecule has 0 fully saturated rings. The molecule has 0 aromatic heterocycles. The van der Waals surface area contributed by atoms with Gasteiger partial charge in [0.25, 0.3) is 0 Å². The van der Waals surface area contributed by atoms with Gasteiger partial charge in [0.15, 0.2) is 0 Å². The third-order valence-corrected chi connectivity index (χ3v) is 4.37. The van der Waals surface area contributed by atoms with E-state index >= 15 is 0 Å². The molecule has 0 N–H and O–H groups in total. The van der Waals surface area contributed by atoms with Crippen LogP contribution in [-0.4, -0.2) is 7.11 Å². The second kappa shape index (κ2) is 6.31. The SMILES string of the molecule is COc1ccc(-c2ccc(-c3ccccc3)cc2)c(I)c1. The second-order valence-electron chi connectivity index (χ2n) is 4.79. The minimum Gasteiger partial charge on any atom is -0.497 e. The molecule has 104 valence electrons. The molecule has 0 aliphatic heterocycles. The molecule has 3 rings (SSSR count). The van der Waals surface area contributed by atoms with Crippen molar-refractivity contribution < 1.29 is 4.74 Å². The number of rotatable bonds is 3. The van der Waals surface area contributed by atoms with Crippen LogP contribution in [0.3, 0.4) is 0 Å². The highest BCUT2D eigenvalue weighted by atomic mass is 127.